The molecular weight excluding hydrogens is 440 g/mol. The van der Waals surface area contributed by atoms with Crippen molar-refractivity contribution in [1.29, 1.82) is 0 Å². The maximum Gasteiger partial charge on any atom is 0.259 e. The highest BCUT2D eigenvalue weighted by Gasteiger charge is 2.15. The minimum absolute atomic E-state index is 0.0576. The molecule has 0 unspecified atom stereocenters. The van der Waals surface area contributed by atoms with Gasteiger partial charge in [0.1, 0.15) is 0 Å². The van der Waals surface area contributed by atoms with Gasteiger partial charge in [0.05, 0.1) is 19.6 Å². The number of unbranched alkanes of at least 4 members (excludes halogenated alkanes) is 2. The van der Waals surface area contributed by atoms with Gasteiger partial charge in [-0.05, 0) is 49.3 Å². The van der Waals surface area contributed by atoms with Gasteiger partial charge < -0.3 is 14.0 Å². The molecule has 0 atom stereocenters. The van der Waals surface area contributed by atoms with Crippen LogP contribution in [0.1, 0.15) is 44.4 Å². The summed E-state index contributed by atoms with van der Waals surface area (Å²) < 4.78 is 16.6. The molecule has 3 rings (SSSR count). The molecule has 2 heterocycles. The number of aryl methyl sites for hydroxylation is 2. The van der Waals surface area contributed by atoms with Crippen molar-refractivity contribution in [2.75, 3.05) is 27.0 Å². The highest BCUT2D eigenvalue weighted by atomic mass is 32.2. The fourth-order valence-electron chi connectivity index (χ4n) is 3.39. The van der Waals surface area contributed by atoms with Gasteiger partial charge in [0.15, 0.2) is 11.5 Å². The Labute approximate surface area is 200 Å². The number of nitrogens with one attached hydrogen (secondary N) is 1. The average molecular weight is 477 g/mol. The average Bonchev–Trinajstić information content (AvgIpc) is 3.24. The number of methoxy groups -OCH3 is 2. The Morgan fingerprint density at radius 2 is 1.81 bits per heavy atom. The van der Waals surface area contributed by atoms with Gasteiger partial charge in [-0.3, -0.25) is 9.52 Å². The normalized spacial score (nSPS) is 10.7. The van der Waals surface area contributed by atoms with Crippen LogP contribution in [0.25, 0.3) is 21.2 Å². The summed E-state index contributed by atoms with van der Waals surface area (Å²) in [6.07, 6.45) is 9.78. The molecule has 0 spiro atoms. The molecule has 0 aliphatic heterocycles. The van der Waals surface area contributed by atoms with Crippen molar-refractivity contribution in [2.45, 2.75) is 46.0 Å². The summed E-state index contributed by atoms with van der Waals surface area (Å²) in [5.74, 6) is 1.38. The van der Waals surface area contributed by atoms with Gasteiger partial charge in [0.2, 0.25) is 0 Å². The first kappa shape index (κ1) is 26.3. The number of hydrogen-bond donors (Lipinski definition) is 1. The molecule has 0 radical (unpaired) electrons. The monoisotopic (exact) mass is 476 g/mol. The fourth-order valence-corrected chi connectivity index (χ4v) is 5.02. The van der Waals surface area contributed by atoms with Crippen molar-refractivity contribution in [3.8, 4) is 22.6 Å². The highest BCUT2D eigenvalue weighted by molar-refractivity contribution is 7.96. The van der Waals surface area contributed by atoms with Gasteiger partial charge in [0.25, 0.3) is 5.56 Å². The predicted molar refractivity (Wildman–Crippen MR) is 141 cm³/mol. The standard InChI is InChI=1S/C21H25NO3S.C4H11NS/c1-5-6-7-8-15-12-16-20(26-15)17(13-22(2)21(16)23)14-9-10-18(24-3)19(11-14)25-4;1-3-4-5-6-2/h9-13H,5-8H2,1-4H3;5H,3-4H2,1-2H3. The van der Waals surface area contributed by atoms with Crippen molar-refractivity contribution in [2.24, 2.45) is 7.05 Å². The SMILES string of the molecule is CCCCCc1cc2c(=O)n(C)cc(-c3ccc(OC)c(OC)c3)c2s1.CCCNSC. The number of fused-ring (bicyclic) bond motifs is 1. The Morgan fingerprint density at radius 1 is 1.06 bits per heavy atom. The topological polar surface area (TPSA) is 52.5 Å². The van der Waals surface area contributed by atoms with E-state index in [0.717, 1.165) is 40.6 Å². The lowest BCUT2D eigenvalue weighted by atomic mass is 10.1. The molecule has 0 bridgehead atoms. The maximum atomic E-state index is 12.6. The summed E-state index contributed by atoms with van der Waals surface area (Å²) in [7, 11) is 5.07. The zero-order chi connectivity index (χ0) is 23.5. The second-order valence-electron chi connectivity index (χ2n) is 7.54. The van der Waals surface area contributed by atoms with Crippen LogP contribution in [0, 0.1) is 0 Å². The Hall–Kier alpha value is -1.96. The molecule has 0 saturated carbocycles. The van der Waals surface area contributed by atoms with E-state index in [0.29, 0.717) is 11.5 Å². The molecule has 7 heteroatoms. The van der Waals surface area contributed by atoms with E-state index in [1.54, 1.807) is 49.1 Å². The minimum Gasteiger partial charge on any atom is -0.493 e. The van der Waals surface area contributed by atoms with Crippen LogP contribution in [0.15, 0.2) is 35.3 Å². The van der Waals surface area contributed by atoms with E-state index >= 15 is 0 Å². The van der Waals surface area contributed by atoms with E-state index in [1.165, 1.54) is 24.1 Å². The fraction of sp³-hybridized carbons (Fsp3) is 0.480. The molecule has 1 N–H and O–H groups in total. The summed E-state index contributed by atoms with van der Waals surface area (Å²) in [6.45, 7) is 5.49. The number of hydrogen-bond acceptors (Lipinski definition) is 6. The van der Waals surface area contributed by atoms with Gasteiger partial charge in [-0.2, -0.15) is 0 Å². The largest absolute Gasteiger partial charge is 0.493 e. The van der Waals surface area contributed by atoms with Gasteiger partial charge in [-0.1, -0.05) is 44.7 Å². The van der Waals surface area contributed by atoms with E-state index in [9.17, 15) is 4.79 Å². The lowest BCUT2D eigenvalue weighted by molar-refractivity contribution is 0.355. The van der Waals surface area contributed by atoms with Crippen molar-refractivity contribution in [3.63, 3.8) is 0 Å². The summed E-state index contributed by atoms with van der Waals surface area (Å²) in [4.78, 5) is 13.9. The van der Waals surface area contributed by atoms with Crippen molar-refractivity contribution in [1.82, 2.24) is 9.29 Å². The molecule has 0 aliphatic carbocycles. The lowest BCUT2D eigenvalue weighted by Gasteiger charge is -2.11. The van der Waals surface area contributed by atoms with Gasteiger partial charge in [0, 0.05) is 34.9 Å². The van der Waals surface area contributed by atoms with Crippen LogP contribution in [0.2, 0.25) is 0 Å². The first-order valence-corrected chi connectivity index (χ1v) is 13.1. The van der Waals surface area contributed by atoms with E-state index < -0.39 is 0 Å². The number of aromatic nitrogens is 1. The Kier molecular flexibility index (Phi) is 11.1. The van der Waals surface area contributed by atoms with Crippen molar-refractivity contribution >= 4 is 33.4 Å². The zero-order valence-corrected chi connectivity index (χ0v) is 21.8. The van der Waals surface area contributed by atoms with E-state index in [4.69, 9.17) is 9.47 Å². The molecule has 176 valence electrons. The van der Waals surface area contributed by atoms with E-state index in [2.05, 4.69) is 24.6 Å². The summed E-state index contributed by atoms with van der Waals surface area (Å²) in [5.41, 5.74) is 2.13. The highest BCUT2D eigenvalue weighted by Crippen LogP contribution is 2.37. The molecule has 1 aromatic carbocycles. The van der Waals surface area contributed by atoms with E-state index in [1.807, 2.05) is 30.7 Å². The van der Waals surface area contributed by atoms with Crippen LogP contribution in [-0.2, 0) is 13.5 Å². The first-order valence-electron chi connectivity index (χ1n) is 11.1. The minimum atomic E-state index is 0.0576. The molecule has 0 fully saturated rings. The molecule has 0 aliphatic rings. The van der Waals surface area contributed by atoms with Gasteiger partial charge in [-0.15, -0.1) is 11.3 Å². The number of nitrogens with zero attached hydrogens (tertiary/aromatic N) is 1. The second kappa shape index (κ2) is 13.6. The van der Waals surface area contributed by atoms with Crippen molar-refractivity contribution in [3.05, 3.63) is 45.7 Å². The zero-order valence-electron chi connectivity index (χ0n) is 20.1. The number of ether oxygens (including phenoxy) is 2. The summed E-state index contributed by atoms with van der Waals surface area (Å²) >= 11 is 3.41. The molecular formula is C25H36N2O3S2. The molecule has 5 nitrogen and oxygen atoms in total. The van der Waals surface area contributed by atoms with Crippen LogP contribution in [0.4, 0.5) is 0 Å². The predicted octanol–water partition coefficient (Wildman–Crippen LogP) is 6.28. The molecule has 3 aromatic rings. The Bertz CT molecular complexity index is 1040. The number of pyridine rings is 1. The number of rotatable bonds is 10. The van der Waals surface area contributed by atoms with Gasteiger partial charge >= 0.3 is 0 Å². The second-order valence-corrected chi connectivity index (χ2v) is 9.37. The quantitative estimate of drug-likeness (QED) is 0.276. The van der Waals surface area contributed by atoms with Crippen LogP contribution in [-0.4, -0.2) is 31.6 Å². The van der Waals surface area contributed by atoms with Gasteiger partial charge in [-0.25, -0.2) is 0 Å². The van der Waals surface area contributed by atoms with Crippen LogP contribution >= 0.6 is 23.3 Å². The third kappa shape index (κ3) is 6.77. The number of benzene rings is 1. The summed E-state index contributed by atoms with van der Waals surface area (Å²) in [5, 5.41) is 0.802. The van der Waals surface area contributed by atoms with Crippen LogP contribution < -0.4 is 19.8 Å². The molecule has 0 saturated heterocycles. The Morgan fingerprint density at radius 3 is 2.41 bits per heavy atom. The number of thiophene rings is 1. The van der Waals surface area contributed by atoms with E-state index in [-0.39, 0.29) is 5.56 Å². The smallest absolute Gasteiger partial charge is 0.259 e. The lowest BCUT2D eigenvalue weighted by Crippen LogP contribution is -2.15. The molecule has 0 amide bonds. The Balaban J connectivity index is 0.000000534. The van der Waals surface area contributed by atoms with Crippen LogP contribution in [0.5, 0.6) is 11.5 Å². The third-order valence-corrected chi connectivity index (χ3v) is 6.84. The van der Waals surface area contributed by atoms with Crippen molar-refractivity contribution < 1.29 is 9.47 Å². The first-order chi connectivity index (χ1) is 15.5. The molecule has 2 aromatic heterocycles. The maximum absolute atomic E-state index is 12.6. The van der Waals surface area contributed by atoms with Crippen LogP contribution in [0.3, 0.4) is 0 Å². The summed E-state index contributed by atoms with van der Waals surface area (Å²) in [6, 6.07) is 7.95. The third-order valence-electron chi connectivity index (χ3n) is 5.12. The molecule has 32 heavy (non-hydrogen) atoms.